The van der Waals surface area contributed by atoms with Crippen LogP contribution in [0.3, 0.4) is 0 Å². The third-order valence-corrected chi connectivity index (χ3v) is 9.96. The van der Waals surface area contributed by atoms with Gasteiger partial charge in [-0.25, -0.2) is 0 Å². The van der Waals surface area contributed by atoms with Crippen molar-refractivity contribution < 1.29 is 14.1 Å². The van der Waals surface area contributed by atoms with E-state index in [9.17, 15) is 4.79 Å². The molecule has 2 aliphatic rings. The van der Waals surface area contributed by atoms with Crippen LogP contribution in [0.15, 0.2) is 66.7 Å². The zero-order valence-electron chi connectivity index (χ0n) is 26.5. The Balaban J connectivity index is 1.16. The first-order valence-corrected chi connectivity index (χ1v) is 16.0. The SMILES string of the molecule is CCCCCC1CCC(c2ccc(C(=O)Nc3ccc(-c4ccc(B5OC(C)(C)C(C)(C)O5)c(C)c4)cc3)cc2)CC1. The van der Waals surface area contributed by atoms with Crippen LogP contribution in [0.4, 0.5) is 5.69 Å². The molecule has 42 heavy (non-hydrogen) atoms. The number of nitrogens with one attached hydrogen (secondary N) is 1. The van der Waals surface area contributed by atoms with Crippen LogP contribution in [0.5, 0.6) is 0 Å². The molecule has 0 atom stereocenters. The molecule has 2 fully saturated rings. The molecule has 0 bridgehead atoms. The molecule has 1 aliphatic carbocycles. The number of hydrogen-bond donors (Lipinski definition) is 1. The van der Waals surface area contributed by atoms with Gasteiger partial charge in [0.1, 0.15) is 0 Å². The maximum atomic E-state index is 13.0. The van der Waals surface area contributed by atoms with Crippen molar-refractivity contribution in [3.8, 4) is 11.1 Å². The molecule has 222 valence electrons. The van der Waals surface area contributed by atoms with Crippen LogP contribution in [0, 0.1) is 12.8 Å². The maximum Gasteiger partial charge on any atom is 0.495 e. The minimum atomic E-state index is -0.369. The van der Waals surface area contributed by atoms with Gasteiger partial charge < -0.3 is 14.6 Å². The van der Waals surface area contributed by atoms with Crippen molar-refractivity contribution in [2.24, 2.45) is 5.92 Å². The lowest BCUT2D eigenvalue weighted by molar-refractivity contribution is 0.00578. The first kappa shape index (κ1) is 30.6. The van der Waals surface area contributed by atoms with Gasteiger partial charge in [0.15, 0.2) is 0 Å². The number of anilines is 1. The van der Waals surface area contributed by atoms with Crippen LogP contribution in [-0.2, 0) is 9.31 Å². The number of benzene rings is 3. The quantitative estimate of drug-likeness (QED) is 0.208. The molecule has 0 radical (unpaired) electrons. The highest BCUT2D eigenvalue weighted by Gasteiger charge is 2.52. The van der Waals surface area contributed by atoms with Crippen molar-refractivity contribution in [3.05, 3.63) is 83.4 Å². The highest BCUT2D eigenvalue weighted by molar-refractivity contribution is 6.62. The predicted octanol–water partition coefficient (Wildman–Crippen LogP) is 9.07. The number of unbranched alkanes of at least 4 members (excludes halogenated alkanes) is 2. The second-order valence-electron chi connectivity index (χ2n) is 13.5. The summed E-state index contributed by atoms with van der Waals surface area (Å²) in [7, 11) is -0.369. The third kappa shape index (κ3) is 6.84. The molecule has 1 heterocycles. The fourth-order valence-corrected chi connectivity index (χ4v) is 6.41. The molecule has 0 spiro atoms. The Labute approximate surface area is 253 Å². The van der Waals surface area contributed by atoms with E-state index >= 15 is 0 Å². The topological polar surface area (TPSA) is 47.6 Å². The highest BCUT2D eigenvalue weighted by atomic mass is 16.7. The Morgan fingerprint density at radius 1 is 0.833 bits per heavy atom. The molecular formula is C37H48BNO3. The monoisotopic (exact) mass is 565 g/mol. The smallest absolute Gasteiger partial charge is 0.399 e. The second-order valence-corrected chi connectivity index (χ2v) is 13.5. The lowest BCUT2D eigenvalue weighted by Gasteiger charge is -2.32. The van der Waals surface area contributed by atoms with Gasteiger partial charge in [0.2, 0.25) is 0 Å². The Kier molecular flexibility index (Phi) is 9.30. The molecule has 5 heteroatoms. The number of aryl methyl sites for hydroxylation is 1. The van der Waals surface area contributed by atoms with Gasteiger partial charge in [-0.15, -0.1) is 0 Å². The van der Waals surface area contributed by atoms with E-state index in [1.807, 2.05) is 24.3 Å². The second kappa shape index (κ2) is 12.8. The molecule has 1 N–H and O–H groups in total. The summed E-state index contributed by atoms with van der Waals surface area (Å²) < 4.78 is 12.5. The van der Waals surface area contributed by atoms with E-state index in [-0.39, 0.29) is 24.2 Å². The number of rotatable bonds is 9. The maximum absolute atomic E-state index is 13.0. The molecule has 4 nitrogen and oxygen atoms in total. The molecule has 3 aromatic rings. The highest BCUT2D eigenvalue weighted by Crippen LogP contribution is 2.38. The first-order chi connectivity index (χ1) is 20.1. The Morgan fingerprint density at radius 2 is 1.45 bits per heavy atom. The Hall–Kier alpha value is -2.89. The summed E-state index contributed by atoms with van der Waals surface area (Å²) in [6.07, 6.45) is 10.7. The molecule has 0 unspecified atom stereocenters. The van der Waals surface area contributed by atoms with Crippen LogP contribution in [0.2, 0.25) is 0 Å². The van der Waals surface area contributed by atoms with Crippen molar-refractivity contribution >= 4 is 24.2 Å². The normalized spacial score (nSPS) is 21.3. The predicted molar refractivity (Wildman–Crippen MR) is 176 cm³/mol. The number of carbonyl (C=O) groups excluding carboxylic acids is 1. The van der Waals surface area contributed by atoms with E-state index in [1.165, 1.54) is 56.9 Å². The van der Waals surface area contributed by atoms with E-state index in [4.69, 9.17) is 9.31 Å². The average Bonchev–Trinajstić information content (AvgIpc) is 3.20. The van der Waals surface area contributed by atoms with Crippen LogP contribution in [0.1, 0.15) is 113 Å². The van der Waals surface area contributed by atoms with Gasteiger partial charge in [-0.05, 0) is 119 Å². The summed E-state index contributed by atoms with van der Waals surface area (Å²) in [5.41, 5.74) is 6.55. The molecule has 1 saturated carbocycles. The molecule has 1 amide bonds. The van der Waals surface area contributed by atoms with E-state index in [1.54, 1.807) is 0 Å². The zero-order valence-corrected chi connectivity index (χ0v) is 26.5. The van der Waals surface area contributed by atoms with Gasteiger partial charge in [-0.1, -0.05) is 80.6 Å². The lowest BCUT2D eigenvalue weighted by Crippen LogP contribution is -2.41. The van der Waals surface area contributed by atoms with E-state index < -0.39 is 0 Å². The van der Waals surface area contributed by atoms with Crippen molar-refractivity contribution in [3.63, 3.8) is 0 Å². The van der Waals surface area contributed by atoms with E-state index in [2.05, 4.69) is 89.3 Å². The van der Waals surface area contributed by atoms with E-state index in [0.29, 0.717) is 11.5 Å². The summed E-state index contributed by atoms with van der Waals surface area (Å²) in [5, 5.41) is 3.07. The number of amides is 1. The summed E-state index contributed by atoms with van der Waals surface area (Å²) in [5.74, 6) is 1.47. The molecule has 3 aromatic carbocycles. The summed E-state index contributed by atoms with van der Waals surface area (Å²) >= 11 is 0. The fraction of sp³-hybridized carbons (Fsp3) is 0.486. The van der Waals surface area contributed by atoms with Gasteiger partial charge in [0.25, 0.3) is 5.91 Å². The van der Waals surface area contributed by atoms with Gasteiger partial charge in [-0.3, -0.25) is 4.79 Å². The van der Waals surface area contributed by atoms with Crippen LogP contribution < -0.4 is 10.8 Å². The van der Waals surface area contributed by atoms with Gasteiger partial charge in [-0.2, -0.15) is 0 Å². The van der Waals surface area contributed by atoms with Gasteiger partial charge >= 0.3 is 7.12 Å². The summed E-state index contributed by atoms with van der Waals surface area (Å²) in [6.45, 7) is 12.7. The molecule has 1 saturated heterocycles. The number of hydrogen-bond acceptors (Lipinski definition) is 3. The van der Waals surface area contributed by atoms with Crippen molar-refractivity contribution in [2.45, 2.75) is 110 Å². The molecule has 5 rings (SSSR count). The van der Waals surface area contributed by atoms with Crippen LogP contribution in [-0.4, -0.2) is 24.2 Å². The van der Waals surface area contributed by atoms with Crippen molar-refractivity contribution in [1.29, 1.82) is 0 Å². The Morgan fingerprint density at radius 3 is 2.05 bits per heavy atom. The minimum Gasteiger partial charge on any atom is -0.399 e. The fourth-order valence-electron chi connectivity index (χ4n) is 6.41. The standard InChI is InChI=1S/C37H48BNO3/c1-7-8-9-10-27-11-13-28(14-12-27)29-15-17-31(18-16-29)35(40)39-33-22-19-30(20-23-33)32-21-24-34(26(2)25-32)38-41-36(3,4)37(5,6)42-38/h15-25,27-28H,7-14H2,1-6H3,(H,39,40). The summed E-state index contributed by atoms with van der Waals surface area (Å²) in [6, 6.07) is 22.7. The first-order valence-electron chi connectivity index (χ1n) is 16.0. The van der Waals surface area contributed by atoms with Gasteiger partial charge in [0, 0.05) is 11.3 Å². The zero-order chi connectivity index (χ0) is 29.9. The number of carbonyl (C=O) groups is 1. The van der Waals surface area contributed by atoms with Crippen LogP contribution in [0.25, 0.3) is 11.1 Å². The molecule has 1 aliphatic heterocycles. The van der Waals surface area contributed by atoms with Crippen LogP contribution >= 0.6 is 0 Å². The lowest BCUT2D eigenvalue weighted by atomic mass is 9.75. The van der Waals surface area contributed by atoms with Crippen molar-refractivity contribution in [2.75, 3.05) is 5.32 Å². The third-order valence-electron chi connectivity index (χ3n) is 9.96. The largest absolute Gasteiger partial charge is 0.495 e. The minimum absolute atomic E-state index is 0.0726. The van der Waals surface area contributed by atoms with Gasteiger partial charge in [0.05, 0.1) is 11.2 Å². The molecule has 0 aromatic heterocycles. The van der Waals surface area contributed by atoms with Crippen molar-refractivity contribution in [1.82, 2.24) is 0 Å². The summed E-state index contributed by atoms with van der Waals surface area (Å²) in [4.78, 5) is 13.0. The van der Waals surface area contributed by atoms with E-state index in [0.717, 1.165) is 33.8 Å². The average molecular weight is 566 g/mol. The molecular weight excluding hydrogens is 517 g/mol. The Bertz CT molecular complexity index is 1340.